The lowest BCUT2D eigenvalue weighted by molar-refractivity contribution is 0.0923. The van der Waals surface area contributed by atoms with Gasteiger partial charge in [-0.1, -0.05) is 6.92 Å². The van der Waals surface area contributed by atoms with Gasteiger partial charge in [-0.25, -0.2) is 0 Å². The minimum Gasteiger partial charge on any atom is -0.349 e. The van der Waals surface area contributed by atoms with E-state index in [1.165, 1.54) is 12.8 Å². The highest BCUT2D eigenvalue weighted by Gasteiger charge is 2.20. The standard InChI is InChI=1S/C12H17NOS/c1-9-2-4-11(5-3-9)13-12(14)10-6-7-15-8-10/h6-9,11H,2-5H2,1H3,(H,13,14). The van der Waals surface area contributed by atoms with Gasteiger partial charge in [0.2, 0.25) is 0 Å². The minimum absolute atomic E-state index is 0.0933. The van der Waals surface area contributed by atoms with Gasteiger partial charge in [-0.3, -0.25) is 4.79 Å². The van der Waals surface area contributed by atoms with Crippen LogP contribution in [0.25, 0.3) is 0 Å². The molecule has 0 saturated heterocycles. The van der Waals surface area contributed by atoms with Gasteiger partial charge in [0.05, 0.1) is 0 Å². The zero-order chi connectivity index (χ0) is 10.7. The second kappa shape index (κ2) is 4.79. The molecule has 0 bridgehead atoms. The largest absolute Gasteiger partial charge is 0.349 e. The molecule has 1 amide bonds. The van der Waals surface area contributed by atoms with Crippen LogP contribution in [0.5, 0.6) is 0 Å². The molecule has 0 atom stereocenters. The van der Waals surface area contributed by atoms with Crippen molar-refractivity contribution in [2.75, 3.05) is 0 Å². The Morgan fingerprint density at radius 2 is 2.13 bits per heavy atom. The molecular formula is C12H17NOS. The first-order valence-corrected chi connectivity index (χ1v) is 6.53. The van der Waals surface area contributed by atoms with E-state index in [0.717, 1.165) is 24.3 Å². The van der Waals surface area contributed by atoms with Crippen molar-refractivity contribution in [1.82, 2.24) is 5.32 Å². The predicted molar refractivity (Wildman–Crippen MR) is 63.2 cm³/mol. The van der Waals surface area contributed by atoms with E-state index in [2.05, 4.69) is 12.2 Å². The van der Waals surface area contributed by atoms with Gasteiger partial charge < -0.3 is 5.32 Å². The molecule has 1 aromatic rings. The summed E-state index contributed by atoms with van der Waals surface area (Å²) in [5.74, 6) is 0.926. The first kappa shape index (κ1) is 10.7. The number of carbonyl (C=O) groups is 1. The van der Waals surface area contributed by atoms with E-state index in [-0.39, 0.29) is 5.91 Å². The SMILES string of the molecule is CC1CCC(NC(=O)c2ccsc2)CC1. The second-order valence-corrected chi connectivity index (χ2v) is 5.22. The molecule has 1 heterocycles. The molecule has 3 heteroatoms. The zero-order valence-electron chi connectivity index (χ0n) is 9.03. The molecule has 1 N–H and O–H groups in total. The average Bonchev–Trinajstić information content (AvgIpc) is 2.74. The summed E-state index contributed by atoms with van der Waals surface area (Å²) >= 11 is 1.57. The van der Waals surface area contributed by atoms with Crippen LogP contribution >= 0.6 is 11.3 Å². The number of hydrogen-bond donors (Lipinski definition) is 1. The summed E-state index contributed by atoms with van der Waals surface area (Å²) < 4.78 is 0. The topological polar surface area (TPSA) is 29.1 Å². The molecule has 2 nitrogen and oxygen atoms in total. The number of thiophene rings is 1. The van der Waals surface area contributed by atoms with Gasteiger partial charge in [0.15, 0.2) is 0 Å². The van der Waals surface area contributed by atoms with E-state index >= 15 is 0 Å². The molecule has 0 spiro atoms. The Morgan fingerprint density at radius 3 is 2.73 bits per heavy atom. The van der Waals surface area contributed by atoms with Crippen LogP contribution in [0.1, 0.15) is 43.0 Å². The van der Waals surface area contributed by atoms with Crippen molar-refractivity contribution in [3.63, 3.8) is 0 Å². The molecule has 0 aromatic carbocycles. The Morgan fingerprint density at radius 1 is 1.40 bits per heavy atom. The van der Waals surface area contributed by atoms with Crippen LogP contribution in [-0.4, -0.2) is 11.9 Å². The fourth-order valence-electron chi connectivity index (χ4n) is 2.07. The second-order valence-electron chi connectivity index (χ2n) is 4.44. The Bertz CT molecular complexity index is 312. The van der Waals surface area contributed by atoms with Crippen molar-refractivity contribution >= 4 is 17.2 Å². The van der Waals surface area contributed by atoms with Gasteiger partial charge in [-0.05, 0) is 43.0 Å². The van der Waals surface area contributed by atoms with Gasteiger partial charge >= 0.3 is 0 Å². The quantitative estimate of drug-likeness (QED) is 0.820. The number of rotatable bonds is 2. The summed E-state index contributed by atoms with van der Waals surface area (Å²) in [4.78, 5) is 11.8. The monoisotopic (exact) mass is 223 g/mol. The third-order valence-corrected chi connectivity index (χ3v) is 3.82. The van der Waals surface area contributed by atoms with Crippen LogP contribution in [0.2, 0.25) is 0 Å². The van der Waals surface area contributed by atoms with Crippen LogP contribution in [0.15, 0.2) is 16.8 Å². The zero-order valence-corrected chi connectivity index (χ0v) is 9.85. The van der Waals surface area contributed by atoms with Crippen LogP contribution in [0.4, 0.5) is 0 Å². The number of nitrogens with one attached hydrogen (secondary N) is 1. The molecule has 1 saturated carbocycles. The molecule has 1 aromatic heterocycles. The normalized spacial score (nSPS) is 26.2. The molecule has 1 aliphatic rings. The Hall–Kier alpha value is -0.830. The van der Waals surface area contributed by atoms with Crippen LogP contribution in [0.3, 0.4) is 0 Å². The van der Waals surface area contributed by atoms with Gasteiger partial charge in [0.1, 0.15) is 0 Å². The van der Waals surface area contributed by atoms with Gasteiger partial charge in [0.25, 0.3) is 5.91 Å². The van der Waals surface area contributed by atoms with E-state index in [9.17, 15) is 4.79 Å². The fourth-order valence-corrected chi connectivity index (χ4v) is 2.70. The Balaban J connectivity index is 1.85. The van der Waals surface area contributed by atoms with E-state index in [0.29, 0.717) is 6.04 Å². The van der Waals surface area contributed by atoms with Gasteiger partial charge in [-0.2, -0.15) is 11.3 Å². The van der Waals surface area contributed by atoms with E-state index in [4.69, 9.17) is 0 Å². The maximum absolute atomic E-state index is 11.8. The highest BCUT2D eigenvalue weighted by Crippen LogP contribution is 2.23. The van der Waals surface area contributed by atoms with Crippen LogP contribution in [0, 0.1) is 5.92 Å². The third-order valence-electron chi connectivity index (χ3n) is 3.13. The minimum atomic E-state index is 0.0933. The predicted octanol–water partition coefficient (Wildman–Crippen LogP) is 3.06. The smallest absolute Gasteiger partial charge is 0.252 e. The van der Waals surface area contributed by atoms with Crippen molar-refractivity contribution in [3.8, 4) is 0 Å². The first-order valence-electron chi connectivity index (χ1n) is 5.59. The number of carbonyl (C=O) groups excluding carboxylic acids is 1. The third kappa shape index (κ3) is 2.81. The lowest BCUT2D eigenvalue weighted by atomic mass is 9.87. The molecule has 0 radical (unpaired) electrons. The van der Waals surface area contributed by atoms with E-state index in [1.54, 1.807) is 11.3 Å². The first-order chi connectivity index (χ1) is 7.25. The number of hydrogen-bond acceptors (Lipinski definition) is 2. The fraction of sp³-hybridized carbons (Fsp3) is 0.583. The maximum atomic E-state index is 11.8. The summed E-state index contributed by atoms with van der Waals surface area (Å²) in [6.45, 7) is 2.29. The lowest BCUT2D eigenvalue weighted by Gasteiger charge is -2.26. The summed E-state index contributed by atoms with van der Waals surface area (Å²) in [5.41, 5.74) is 0.804. The molecule has 0 unspecified atom stereocenters. The highest BCUT2D eigenvalue weighted by atomic mass is 32.1. The average molecular weight is 223 g/mol. The van der Waals surface area contributed by atoms with Crippen molar-refractivity contribution in [2.24, 2.45) is 5.92 Å². The van der Waals surface area contributed by atoms with Crippen LogP contribution in [-0.2, 0) is 0 Å². The van der Waals surface area contributed by atoms with Crippen molar-refractivity contribution in [1.29, 1.82) is 0 Å². The molecule has 15 heavy (non-hydrogen) atoms. The summed E-state index contributed by atoms with van der Waals surface area (Å²) in [7, 11) is 0. The van der Waals surface area contributed by atoms with Crippen molar-refractivity contribution in [3.05, 3.63) is 22.4 Å². The number of amides is 1. The molecule has 82 valence electrons. The summed E-state index contributed by atoms with van der Waals surface area (Å²) in [6, 6.07) is 2.28. The Labute approximate surface area is 94.7 Å². The molecule has 2 rings (SSSR count). The van der Waals surface area contributed by atoms with Gasteiger partial charge in [-0.15, -0.1) is 0 Å². The molecule has 0 aliphatic heterocycles. The highest BCUT2D eigenvalue weighted by molar-refractivity contribution is 7.08. The van der Waals surface area contributed by atoms with Crippen molar-refractivity contribution < 1.29 is 4.79 Å². The lowest BCUT2D eigenvalue weighted by Crippen LogP contribution is -2.37. The van der Waals surface area contributed by atoms with E-state index < -0.39 is 0 Å². The summed E-state index contributed by atoms with van der Waals surface area (Å²) in [6.07, 6.45) is 4.76. The molecule has 1 fully saturated rings. The van der Waals surface area contributed by atoms with E-state index in [1.807, 2.05) is 16.8 Å². The maximum Gasteiger partial charge on any atom is 0.252 e. The molecule has 1 aliphatic carbocycles. The Kier molecular flexibility index (Phi) is 3.41. The van der Waals surface area contributed by atoms with Gasteiger partial charge in [0, 0.05) is 17.0 Å². The van der Waals surface area contributed by atoms with Crippen molar-refractivity contribution in [2.45, 2.75) is 38.6 Å². The summed E-state index contributed by atoms with van der Waals surface area (Å²) in [5, 5.41) is 6.96. The molecular weight excluding hydrogens is 206 g/mol. The van der Waals surface area contributed by atoms with Crippen LogP contribution < -0.4 is 5.32 Å².